The molecule has 1 fully saturated rings. The molecule has 0 bridgehead atoms. The van der Waals surface area contributed by atoms with Gasteiger partial charge in [-0.15, -0.1) is 11.3 Å². The lowest BCUT2D eigenvalue weighted by atomic mass is 10.0. The number of carbonyl (C=O) groups excluding carboxylic acids is 1. The van der Waals surface area contributed by atoms with Gasteiger partial charge in [-0.3, -0.25) is 4.79 Å². The number of nitrogens with one attached hydrogen (secondary N) is 1. The van der Waals surface area contributed by atoms with Crippen molar-refractivity contribution in [1.82, 2.24) is 15.3 Å². The van der Waals surface area contributed by atoms with Gasteiger partial charge in [0.25, 0.3) is 0 Å². The Bertz CT molecular complexity index is 1130. The van der Waals surface area contributed by atoms with Gasteiger partial charge >= 0.3 is 0 Å². The van der Waals surface area contributed by atoms with Gasteiger partial charge in [-0.1, -0.05) is 42.1 Å². The molecule has 6 nitrogen and oxygen atoms in total. The number of amides is 1. The second-order valence-corrected chi connectivity index (χ2v) is 11.3. The van der Waals surface area contributed by atoms with Crippen molar-refractivity contribution in [2.75, 3.05) is 17.3 Å². The molecule has 146 valence electrons. The van der Waals surface area contributed by atoms with E-state index in [-0.39, 0.29) is 23.2 Å². The average molecular weight is 434 g/mol. The molecular formula is C19H19N3O3S3. The summed E-state index contributed by atoms with van der Waals surface area (Å²) >= 11 is 2.93. The molecule has 0 saturated carbocycles. The van der Waals surface area contributed by atoms with Crippen molar-refractivity contribution in [3.63, 3.8) is 0 Å². The van der Waals surface area contributed by atoms with Gasteiger partial charge in [0.2, 0.25) is 5.91 Å². The molecular weight excluding hydrogens is 414 g/mol. The van der Waals surface area contributed by atoms with Crippen molar-refractivity contribution in [1.29, 1.82) is 0 Å². The summed E-state index contributed by atoms with van der Waals surface area (Å²) < 4.78 is 23.4. The van der Waals surface area contributed by atoms with Crippen LogP contribution >= 0.6 is 23.1 Å². The maximum atomic E-state index is 12.4. The number of thioether (sulfide) groups is 1. The number of benzene rings is 1. The number of rotatable bonds is 5. The number of nitrogens with zero attached hydrogens (tertiary/aromatic N) is 2. The van der Waals surface area contributed by atoms with E-state index in [1.807, 2.05) is 18.2 Å². The number of thiophene rings is 1. The van der Waals surface area contributed by atoms with E-state index in [1.165, 1.54) is 18.1 Å². The summed E-state index contributed by atoms with van der Waals surface area (Å²) in [5.74, 6) is 0.118. The number of hydrogen-bond acceptors (Lipinski definition) is 7. The smallest absolute Gasteiger partial charge is 0.230 e. The van der Waals surface area contributed by atoms with Crippen molar-refractivity contribution in [2.24, 2.45) is 0 Å². The first-order valence-electron chi connectivity index (χ1n) is 8.78. The Balaban J connectivity index is 1.48. The number of aromatic nitrogens is 2. The highest BCUT2D eigenvalue weighted by molar-refractivity contribution is 8.00. The Labute approximate surface area is 171 Å². The Morgan fingerprint density at radius 1 is 1.29 bits per heavy atom. The summed E-state index contributed by atoms with van der Waals surface area (Å²) in [7, 11) is -3.06. The molecule has 28 heavy (non-hydrogen) atoms. The number of carbonyl (C=O) groups is 1. The van der Waals surface area contributed by atoms with Crippen molar-refractivity contribution in [3.05, 3.63) is 42.7 Å². The van der Waals surface area contributed by atoms with Crippen LogP contribution in [0.2, 0.25) is 0 Å². The molecule has 1 aliphatic rings. The Morgan fingerprint density at radius 3 is 2.79 bits per heavy atom. The highest BCUT2D eigenvalue weighted by Crippen LogP contribution is 2.36. The minimum absolute atomic E-state index is 0.000868. The van der Waals surface area contributed by atoms with E-state index >= 15 is 0 Å². The van der Waals surface area contributed by atoms with Gasteiger partial charge in [-0.25, -0.2) is 18.4 Å². The van der Waals surface area contributed by atoms with Gasteiger partial charge in [-0.2, -0.15) is 0 Å². The molecule has 9 heteroatoms. The molecule has 1 aliphatic heterocycles. The standard InChI is InChI=1S/C19H19N3O3S3/c1-19(7-8-28(24,25)11-19)22-16(23)10-26-17-14-9-15(13-5-3-2-4-6-13)27-18(14)21-12-20-17/h2-6,9,12H,7-8,10-11H2,1H3,(H,22,23)/t19-/m0/s1. The summed E-state index contributed by atoms with van der Waals surface area (Å²) in [6, 6.07) is 12.1. The third kappa shape index (κ3) is 4.21. The molecule has 1 N–H and O–H groups in total. The summed E-state index contributed by atoms with van der Waals surface area (Å²) in [5, 5.41) is 4.56. The number of sulfone groups is 1. The predicted molar refractivity (Wildman–Crippen MR) is 113 cm³/mol. The lowest BCUT2D eigenvalue weighted by Gasteiger charge is -2.23. The van der Waals surface area contributed by atoms with E-state index in [2.05, 4.69) is 33.5 Å². The molecule has 0 spiro atoms. The van der Waals surface area contributed by atoms with Crippen LogP contribution in [0.4, 0.5) is 0 Å². The van der Waals surface area contributed by atoms with E-state index in [9.17, 15) is 13.2 Å². The monoisotopic (exact) mass is 433 g/mol. The van der Waals surface area contributed by atoms with E-state index in [0.29, 0.717) is 6.42 Å². The fourth-order valence-electron chi connectivity index (χ4n) is 3.31. The SMILES string of the molecule is C[C@]1(NC(=O)CSc2ncnc3sc(-c4ccccc4)cc23)CCS(=O)(=O)C1. The van der Waals surface area contributed by atoms with Crippen LogP contribution in [0.5, 0.6) is 0 Å². The maximum Gasteiger partial charge on any atom is 0.230 e. The number of hydrogen-bond donors (Lipinski definition) is 1. The molecule has 1 amide bonds. The van der Waals surface area contributed by atoms with Gasteiger partial charge in [-0.05, 0) is 25.0 Å². The van der Waals surface area contributed by atoms with Crippen molar-refractivity contribution in [3.8, 4) is 10.4 Å². The molecule has 3 heterocycles. The van der Waals surface area contributed by atoms with Crippen LogP contribution < -0.4 is 5.32 Å². The zero-order valence-electron chi connectivity index (χ0n) is 15.2. The fourth-order valence-corrected chi connectivity index (χ4v) is 7.24. The molecule has 0 radical (unpaired) electrons. The fraction of sp³-hybridized carbons (Fsp3) is 0.316. The van der Waals surface area contributed by atoms with Gasteiger partial charge in [0, 0.05) is 10.3 Å². The minimum atomic E-state index is -3.06. The van der Waals surface area contributed by atoms with E-state index < -0.39 is 15.4 Å². The second kappa shape index (κ2) is 7.46. The van der Waals surface area contributed by atoms with Gasteiger partial charge < -0.3 is 5.32 Å². The molecule has 1 atom stereocenters. The number of fused-ring (bicyclic) bond motifs is 1. The van der Waals surface area contributed by atoms with Crippen LogP contribution in [-0.2, 0) is 14.6 Å². The Hall–Kier alpha value is -1.97. The van der Waals surface area contributed by atoms with Gasteiger partial charge in [0.05, 0.1) is 22.8 Å². The first-order chi connectivity index (χ1) is 13.3. The maximum absolute atomic E-state index is 12.4. The quantitative estimate of drug-likeness (QED) is 0.491. The second-order valence-electron chi connectivity index (χ2n) is 7.11. The topological polar surface area (TPSA) is 89.0 Å². The van der Waals surface area contributed by atoms with Crippen LogP contribution in [0.3, 0.4) is 0 Å². The van der Waals surface area contributed by atoms with E-state index in [1.54, 1.807) is 18.3 Å². The largest absolute Gasteiger partial charge is 0.349 e. The van der Waals surface area contributed by atoms with Crippen molar-refractivity contribution >= 4 is 49.1 Å². The molecule has 1 saturated heterocycles. The molecule has 2 aromatic heterocycles. The summed E-state index contributed by atoms with van der Waals surface area (Å²) in [6.45, 7) is 1.79. The normalized spacial score (nSPS) is 21.0. The lowest BCUT2D eigenvalue weighted by Crippen LogP contribution is -2.47. The Morgan fingerprint density at radius 2 is 2.07 bits per heavy atom. The molecule has 1 aromatic carbocycles. The zero-order chi connectivity index (χ0) is 19.8. The first-order valence-corrected chi connectivity index (χ1v) is 12.4. The summed E-state index contributed by atoms with van der Waals surface area (Å²) in [6.07, 6.45) is 1.97. The zero-order valence-corrected chi connectivity index (χ0v) is 17.7. The lowest BCUT2D eigenvalue weighted by molar-refractivity contribution is -0.120. The summed E-state index contributed by atoms with van der Waals surface area (Å²) in [5.41, 5.74) is 0.440. The van der Waals surface area contributed by atoms with Gasteiger partial charge in [0.15, 0.2) is 9.84 Å². The molecule has 0 aliphatic carbocycles. The van der Waals surface area contributed by atoms with Crippen LogP contribution in [0.25, 0.3) is 20.7 Å². The Kier molecular flexibility index (Phi) is 5.15. The molecule has 3 aromatic rings. The highest BCUT2D eigenvalue weighted by Gasteiger charge is 2.39. The third-order valence-corrected chi connectivity index (χ3v) is 8.64. The van der Waals surface area contributed by atoms with Crippen LogP contribution in [0.15, 0.2) is 47.8 Å². The third-order valence-electron chi connectivity index (χ3n) is 4.64. The molecule has 4 rings (SSSR count). The predicted octanol–water partition coefficient (Wildman–Crippen LogP) is 3.14. The van der Waals surface area contributed by atoms with Crippen LogP contribution in [0.1, 0.15) is 13.3 Å². The van der Waals surface area contributed by atoms with Crippen molar-refractivity contribution < 1.29 is 13.2 Å². The van der Waals surface area contributed by atoms with Crippen molar-refractivity contribution in [2.45, 2.75) is 23.9 Å². The molecule has 0 unspecified atom stereocenters. The van der Waals surface area contributed by atoms with Crippen LogP contribution in [0, 0.1) is 0 Å². The van der Waals surface area contributed by atoms with Crippen LogP contribution in [-0.4, -0.2) is 47.1 Å². The van der Waals surface area contributed by atoms with E-state index in [0.717, 1.165) is 25.7 Å². The van der Waals surface area contributed by atoms with Gasteiger partial charge in [0.1, 0.15) is 16.2 Å². The summed E-state index contributed by atoms with van der Waals surface area (Å²) in [4.78, 5) is 23.1. The minimum Gasteiger partial charge on any atom is -0.349 e. The average Bonchev–Trinajstić information content (AvgIpc) is 3.21. The highest BCUT2D eigenvalue weighted by atomic mass is 32.2. The first kappa shape index (κ1) is 19.4. The van der Waals surface area contributed by atoms with E-state index in [4.69, 9.17) is 0 Å².